The Bertz CT molecular complexity index is 654. The van der Waals surface area contributed by atoms with Crippen molar-refractivity contribution in [2.45, 2.75) is 0 Å². The number of aromatic hydroxyl groups is 2. The van der Waals surface area contributed by atoms with Gasteiger partial charge in [-0.25, -0.2) is 4.98 Å². The number of pyridine rings is 1. The molecule has 0 saturated carbocycles. The lowest BCUT2D eigenvalue weighted by Crippen LogP contribution is -1.94. The molecule has 1 heterocycles. The van der Waals surface area contributed by atoms with E-state index < -0.39 is 0 Å². The molecule has 20 heavy (non-hydrogen) atoms. The fourth-order valence-electron chi connectivity index (χ4n) is 1.34. The SMILES string of the molecule is Oc1cc(/C=N/Nc2ncc(Cl)cc2Cl)cc(Cl)c1O. The van der Waals surface area contributed by atoms with E-state index in [1.165, 1.54) is 30.6 Å². The first-order valence-electron chi connectivity index (χ1n) is 5.29. The van der Waals surface area contributed by atoms with Crippen LogP contribution >= 0.6 is 34.8 Å². The number of nitrogens with zero attached hydrogens (tertiary/aromatic N) is 2. The van der Waals surface area contributed by atoms with E-state index in [2.05, 4.69) is 15.5 Å². The van der Waals surface area contributed by atoms with Crippen LogP contribution in [0.4, 0.5) is 5.82 Å². The van der Waals surface area contributed by atoms with Crippen molar-refractivity contribution < 1.29 is 10.2 Å². The molecule has 0 atom stereocenters. The van der Waals surface area contributed by atoms with E-state index in [1.54, 1.807) is 0 Å². The van der Waals surface area contributed by atoms with E-state index in [0.717, 1.165) is 0 Å². The summed E-state index contributed by atoms with van der Waals surface area (Å²) >= 11 is 17.3. The Morgan fingerprint density at radius 1 is 1.10 bits per heavy atom. The maximum atomic E-state index is 9.41. The maximum Gasteiger partial charge on any atom is 0.176 e. The number of nitrogens with one attached hydrogen (secondary N) is 1. The van der Waals surface area contributed by atoms with Gasteiger partial charge < -0.3 is 10.2 Å². The number of halogens is 3. The van der Waals surface area contributed by atoms with Gasteiger partial charge in [-0.2, -0.15) is 5.10 Å². The van der Waals surface area contributed by atoms with Crippen molar-refractivity contribution in [1.82, 2.24) is 4.98 Å². The summed E-state index contributed by atoms with van der Waals surface area (Å²) < 4.78 is 0. The molecule has 0 saturated heterocycles. The summed E-state index contributed by atoms with van der Waals surface area (Å²) in [4.78, 5) is 3.95. The molecule has 0 spiro atoms. The minimum Gasteiger partial charge on any atom is -0.504 e. The van der Waals surface area contributed by atoms with Crippen LogP contribution in [0.1, 0.15) is 5.56 Å². The number of hydrogen-bond acceptors (Lipinski definition) is 5. The van der Waals surface area contributed by atoms with Gasteiger partial charge in [-0.05, 0) is 23.8 Å². The topological polar surface area (TPSA) is 77.7 Å². The average molecular weight is 333 g/mol. The van der Waals surface area contributed by atoms with Gasteiger partial charge in [0.05, 0.1) is 21.3 Å². The van der Waals surface area contributed by atoms with Crippen LogP contribution in [0.3, 0.4) is 0 Å². The molecule has 8 heteroatoms. The summed E-state index contributed by atoms with van der Waals surface area (Å²) in [5.41, 5.74) is 3.11. The van der Waals surface area contributed by atoms with E-state index in [4.69, 9.17) is 34.8 Å². The number of rotatable bonds is 3. The highest BCUT2D eigenvalue weighted by Crippen LogP contribution is 2.33. The Morgan fingerprint density at radius 3 is 2.50 bits per heavy atom. The lowest BCUT2D eigenvalue weighted by atomic mass is 10.2. The van der Waals surface area contributed by atoms with Crippen molar-refractivity contribution in [1.29, 1.82) is 0 Å². The molecular formula is C12H8Cl3N3O2. The molecule has 0 unspecified atom stereocenters. The number of aromatic nitrogens is 1. The van der Waals surface area contributed by atoms with Gasteiger partial charge >= 0.3 is 0 Å². The monoisotopic (exact) mass is 331 g/mol. The number of benzene rings is 1. The van der Waals surface area contributed by atoms with Crippen molar-refractivity contribution in [3.63, 3.8) is 0 Å². The highest BCUT2D eigenvalue weighted by Gasteiger charge is 2.06. The zero-order chi connectivity index (χ0) is 14.7. The predicted molar refractivity (Wildman–Crippen MR) is 80.3 cm³/mol. The lowest BCUT2D eigenvalue weighted by Gasteiger charge is -2.03. The summed E-state index contributed by atoms with van der Waals surface area (Å²) in [6.45, 7) is 0. The van der Waals surface area contributed by atoms with Gasteiger partial charge in [-0.3, -0.25) is 5.43 Å². The Balaban J connectivity index is 2.14. The standard InChI is InChI=1S/C12H8Cl3N3O2/c13-7-3-9(15)12(16-5-7)18-17-4-6-1-8(14)11(20)10(19)2-6/h1-5,19-20H,(H,16,18)/b17-4+. The quantitative estimate of drug-likeness (QED) is 0.452. The third kappa shape index (κ3) is 3.45. The summed E-state index contributed by atoms with van der Waals surface area (Å²) in [6, 6.07) is 4.28. The van der Waals surface area contributed by atoms with Crippen LogP contribution in [-0.4, -0.2) is 21.4 Å². The van der Waals surface area contributed by atoms with Crippen molar-refractivity contribution in [2.75, 3.05) is 5.43 Å². The second-order valence-corrected chi connectivity index (χ2v) is 4.98. The van der Waals surface area contributed by atoms with Crippen molar-refractivity contribution >= 4 is 46.8 Å². The molecule has 2 rings (SSSR count). The second kappa shape index (κ2) is 6.17. The normalized spacial score (nSPS) is 10.9. The Morgan fingerprint density at radius 2 is 1.85 bits per heavy atom. The van der Waals surface area contributed by atoms with Crippen LogP contribution in [0, 0.1) is 0 Å². The predicted octanol–water partition coefficient (Wildman–Crippen LogP) is 3.90. The molecule has 3 N–H and O–H groups in total. The van der Waals surface area contributed by atoms with Crippen LogP contribution in [-0.2, 0) is 0 Å². The second-order valence-electron chi connectivity index (χ2n) is 3.72. The van der Waals surface area contributed by atoms with Crippen molar-refractivity contribution in [2.24, 2.45) is 5.10 Å². The Labute approximate surface area is 129 Å². The van der Waals surface area contributed by atoms with Gasteiger partial charge in [0, 0.05) is 6.20 Å². The summed E-state index contributed by atoms with van der Waals surface area (Å²) in [6.07, 6.45) is 2.81. The van der Waals surface area contributed by atoms with Crippen LogP contribution < -0.4 is 5.43 Å². The Hall–Kier alpha value is -1.69. The van der Waals surface area contributed by atoms with E-state index in [9.17, 15) is 10.2 Å². The zero-order valence-corrected chi connectivity index (χ0v) is 12.1. The van der Waals surface area contributed by atoms with E-state index >= 15 is 0 Å². The molecule has 0 amide bonds. The van der Waals surface area contributed by atoms with Crippen molar-refractivity contribution in [3.05, 3.63) is 45.0 Å². The molecule has 1 aromatic heterocycles. The Kier molecular flexibility index (Phi) is 4.54. The van der Waals surface area contributed by atoms with Gasteiger partial charge in [0.15, 0.2) is 17.3 Å². The van der Waals surface area contributed by atoms with Gasteiger partial charge in [0.2, 0.25) is 0 Å². The third-order valence-corrected chi connectivity index (χ3v) is 3.04. The van der Waals surface area contributed by atoms with Crippen LogP contribution in [0.2, 0.25) is 15.1 Å². The molecule has 1 aromatic carbocycles. The van der Waals surface area contributed by atoms with Gasteiger partial charge in [-0.15, -0.1) is 0 Å². The van der Waals surface area contributed by atoms with E-state index in [-0.39, 0.29) is 16.5 Å². The highest BCUT2D eigenvalue weighted by atomic mass is 35.5. The van der Waals surface area contributed by atoms with Crippen LogP contribution in [0.5, 0.6) is 11.5 Å². The lowest BCUT2D eigenvalue weighted by molar-refractivity contribution is 0.404. The number of hydrazone groups is 1. The summed E-state index contributed by atoms with van der Waals surface area (Å²) in [5.74, 6) is -0.373. The van der Waals surface area contributed by atoms with Gasteiger partial charge in [-0.1, -0.05) is 34.8 Å². The largest absolute Gasteiger partial charge is 0.504 e. The summed E-state index contributed by atoms with van der Waals surface area (Å²) in [5, 5.41) is 23.4. The molecule has 0 fully saturated rings. The summed E-state index contributed by atoms with van der Waals surface area (Å²) in [7, 11) is 0. The van der Waals surface area contributed by atoms with Crippen LogP contribution in [0.15, 0.2) is 29.5 Å². The first-order chi connectivity index (χ1) is 9.47. The first-order valence-corrected chi connectivity index (χ1v) is 6.42. The van der Waals surface area contributed by atoms with Gasteiger partial charge in [0.25, 0.3) is 0 Å². The molecule has 5 nitrogen and oxygen atoms in total. The van der Waals surface area contributed by atoms with E-state index in [0.29, 0.717) is 21.4 Å². The first kappa shape index (κ1) is 14.7. The smallest absolute Gasteiger partial charge is 0.176 e. The fourth-order valence-corrected chi connectivity index (χ4v) is 1.99. The van der Waals surface area contributed by atoms with Crippen LogP contribution in [0.25, 0.3) is 0 Å². The number of hydrogen-bond donors (Lipinski definition) is 3. The van der Waals surface area contributed by atoms with Crippen molar-refractivity contribution in [3.8, 4) is 11.5 Å². The molecule has 0 aliphatic rings. The van der Waals surface area contributed by atoms with E-state index in [1.807, 2.05) is 0 Å². The molecule has 0 radical (unpaired) electrons. The highest BCUT2D eigenvalue weighted by molar-refractivity contribution is 6.36. The number of anilines is 1. The molecule has 0 aliphatic carbocycles. The minimum atomic E-state index is -0.376. The fraction of sp³-hybridized carbons (Fsp3) is 0. The molecule has 0 aliphatic heterocycles. The van der Waals surface area contributed by atoms with Gasteiger partial charge in [0.1, 0.15) is 0 Å². The molecule has 0 bridgehead atoms. The average Bonchev–Trinajstić information content (AvgIpc) is 2.38. The molecule has 2 aromatic rings. The minimum absolute atomic E-state index is 0.0223. The number of phenols is 2. The zero-order valence-electron chi connectivity index (χ0n) is 9.81. The third-order valence-electron chi connectivity index (χ3n) is 2.26. The number of phenolic OH excluding ortho intramolecular Hbond substituents is 2. The molecular weight excluding hydrogens is 325 g/mol. The molecule has 104 valence electrons. The maximum absolute atomic E-state index is 9.41.